The van der Waals surface area contributed by atoms with Gasteiger partial charge in [0.25, 0.3) is 0 Å². The van der Waals surface area contributed by atoms with Gasteiger partial charge >= 0.3 is 0 Å². The average Bonchev–Trinajstić information content (AvgIpc) is 3.16. The van der Waals surface area contributed by atoms with Crippen LogP contribution >= 0.6 is 23.1 Å². The molecule has 24 heavy (non-hydrogen) atoms. The summed E-state index contributed by atoms with van der Waals surface area (Å²) in [5.74, 6) is 2.96. The van der Waals surface area contributed by atoms with Crippen LogP contribution in [0.4, 0.5) is 0 Å². The summed E-state index contributed by atoms with van der Waals surface area (Å²) in [7, 11) is 0. The predicted molar refractivity (Wildman–Crippen MR) is 102 cm³/mol. The lowest BCUT2D eigenvalue weighted by Crippen LogP contribution is -1.96. The molecule has 4 rings (SSSR count). The van der Waals surface area contributed by atoms with Gasteiger partial charge in [-0.2, -0.15) is 21.4 Å². The van der Waals surface area contributed by atoms with Crippen molar-refractivity contribution in [2.75, 3.05) is 5.75 Å². The van der Waals surface area contributed by atoms with E-state index in [9.17, 15) is 0 Å². The van der Waals surface area contributed by atoms with Gasteiger partial charge in [-0.05, 0) is 28.5 Å². The van der Waals surface area contributed by atoms with Crippen LogP contribution in [0, 0.1) is 0 Å². The molecule has 0 unspecified atom stereocenters. The molecule has 0 aliphatic carbocycles. The van der Waals surface area contributed by atoms with Crippen LogP contribution in [0.3, 0.4) is 0 Å². The second-order valence-electron chi connectivity index (χ2n) is 5.67. The lowest BCUT2D eigenvalue weighted by molar-refractivity contribution is 0.856. The molecule has 0 fully saturated rings. The Hall–Kier alpha value is -1.92. The zero-order valence-corrected chi connectivity index (χ0v) is 15.1. The smallest absolute Gasteiger partial charge is 0.186 e. The second kappa shape index (κ2) is 6.91. The molecule has 0 aliphatic heterocycles. The van der Waals surface area contributed by atoms with Gasteiger partial charge in [0.1, 0.15) is 5.01 Å². The molecule has 2 aromatic heterocycles. The first-order valence-electron chi connectivity index (χ1n) is 8.09. The van der Waals surface area contributed by atoms with Crippen LogP contribution in [0.15, 0.2) is 42.5 Å². The van der Waals surface area contributed by atoms with Gasteiger partial charge in [0.05, 0.1) is 5.75 Å². The Bertz CT molecular complexity index is 968. The van der Waals surface area contributed by atoms with Gasteiger partial charge in [-0.3, -0.25) is 0 Å². The van der Waals surface area contributed by atoms with Crippen LogP contribution in [0.25, 0.3) is 15.7 Å². The SMILES string of the molecule is CCCSCc1nnc2sc(Cc3cccc4ccccc34)nn12. The molecule has 0 bridgehead atoms. The number of benzene rings is 2. The monoisotopic (exact) mass is 354 g/mol. The molecule has 4 aromatic rings. The fraction of sp³-hybridized carbons (Fsp3) is 0.278. The highest BCUT2D eigenvalue weighted by atomic mass is 32.2. The third-order valence-corrected chi connectivity index (χ3v) is 5.96. The Morgan fingerprint density at radius 1 is 1.08 bits per heavy atom. The molecule has 2 heterocycles. The van der Waals surface area contributed by atoms with Gasteiger partial charge in [0, 0.05) is 6.42 Å². The van der Waals surface area contributed by atoms with Gasteiger partial charge in [0.15, 0.2) is 5.82 Å². The molecule has 6 heteroatoms. The summed E-state index contributed by atoms with van der Waals surface area (Å²) >= 11 is 3.51. The molecule has 0 spiro atoms. The minimum atomic E-state index is 0.830. The highest BCUT2D eigenvalue weighted by Crippen LogP contribution is 2.24. The van der Waals surface area contributed by atoms with Crippen molar-refractivity contribution >= 4 is 38.8 Å². The standard InChI is InChI=1S/C18H18N4S2/c1-2-10-23-12-16-19-20-18-22(16)21-17(24-18)11-14-8-5-7-13-6-3-4-9-15(13)14/h3-9H,2,10-12H2,1H3. The quantitative estimate of drug-likeness (QED) is 0.476. The van der Waals surface area contributed by atoms with Gasteiger partial charge < -0.3 is 0 Å². The van der Waals surface area contributed by atoms with Crippen LogP contribution in [-0.2, 0) is 12.2 Å². The van der Waals surface area contributed by atoms with E-state index in [0.29, 0.717) is 0 Å². The lowest BCUT2D eigenvalue weighted by Gasteiger charge is -2.04. The van der Waals surface area contributed by atoms with E-state index in [2.05, 4.69) is 59.6 Å². The normalized spacial score (nSPS) is 11.5. The fourth-order valence-electron chi connectivity index (χ4n) is 2.78. The summed E-state index contributed by atoms with van der Waals surface area (Å²) in [6.07, 6.45) is 2.01. The summed E-state index contributed by atoms with van der Waals surface area (Å²) in [5, 5.41) is 16.9. The fourth-order valence-corrected chi connectivity index (χ4v) is 4.45. The van der Waals surface area contributed by atoms with Crippen molar-refractivity contribution in [2.45, 2.75) is 25.5 Å². The Kier molecular flexibility index (Phi) is 4.49. The third kappa shape index (κ3) is 3.03. The van der Waals surface area contributed by atoms with Crippen LogP contribution in [0.2, 0.25) is 0 Å². The minimum absolute atomic E-state index is 0.830. The summed E-state index contributed by atoms with van der Waals surface area (Å²) in [5.41, 5.74) is 1.31. The molecule has 0 saturated heterocycles. The molecule has 0 radical (unpaired) electrons. The van der Waals surface area contributed by atoms with Crippen molar-refractivity contribution in [3.05, 3.63) is 58.9 Å². The zero-order valence-electron chi connectivity index (χ0n) is 13.5. The van der Waals surface area contributed by atoms with E-state index in [-0.39, 0.29) is 0 Å². The van der Waals surface area contributed by atoms with Crippen molar-refractivity contribution in [3.8, 4) is 0 Å². The van der Waals surface area contributed by atoms with E-state index in [0.717, 1.165) is 33.7 Å². The number of hydrogen-bond acceptors (Lipinski definition) is 5. The molecule has 0 N–H and O–H groups in total. The molecule has 2 aromatic carbocycles. The molecule has 0 aliphatic rings. The maximum atomic E-state index is 4.75. The Balaban J connectivity index is 1.62. The highest BCUT2D eigenvalue weighted by molar-refractivity contribution is 7.98. The summed E-state index contributed by atoms with van der Waals surface area (Å²) in [6.45, 7) is 2.19. The summed E-state index contributed by atoms with van der Waals surface area (Å²) in [6, 6.07) is 15.0. The number of rotatable bonds is 6. The van der Waals surface area contributed by atoms with Crippen LogP contribution in [-0.4, -0.2) is 25.6 Å². The predicted octanol–water partition coefficient (Wildman–Crippen LogP) is 4.57. The average molecular weight is 355 g/mol. The zero-order chi connectivity index (χ0) is 16.4. The maximum Gasteiger partial charge on any atom is 0.234 e. The van der Waals surface area contributed by atoms with E-state index in [1.54, 1.807) is 11.3 Å². The van der Waals surface area contributed by atoms with Crippen molar-refractivity contribution in [3.63, 3.8) is 0 Å². The van der Waals surface area contributed by atoms with Crippen LogP contribution in [0.1, 0.15) is 29.7 Å². The van der Waals surface area contributed by atoms with Crippen molar-refractivity contribution in [1.29, 1.82) is 0 Å². The van der Waals surface area contributed by atoms with Crippen molar-refractivity contribution in [2.24, 2.45) is 0 Å². The van der Waals surface area contributed by atoms with E-state index < -0.39 is 0 Å². The summed E-state index contributed by atoms with van der Waals surface area (Å²) in [4.78, 5) is 0.886. The van der Waals surface area contributed by atoms with Gasteiger partial charge in [0.2, 0.25) is 4.96 Å². The van der Waals surface area contributed by atoms with Crippen molar-refractivity contribution in [1.82, 2.24) is 19.8 Å². The van der Waals surface area contributed by atoms with E-state index in [1.165, 1.54) is 22.8 Å². The molecule has 4 nitrogen and oxygen atoms in total. The first-order chi connectivity index (χ1) is 11.8. The molecule has 0 saturated carbocycles. The van der Waals surface area contributed by atoms with E-state index >= 15 is 0 Å². The van der Waals surface area contributed by atoms with E-state index in [4.69, 9.17) is 5.10 Å². The summed E-state index contributed by atoms with van der Waals surface area (Å²) < 4.78 is 1.91. The number of thioether (sulfide) groups is 1. The van der Waals surface area contributed by atoms with E-state index in [1.807, 2.05) is 16.3 Å². The number of hydrogen-bond donors (Lipinski definition) is 0. The number of fused-ring (bicyclic) bond motifs is 2. The molecule has 122 valence electrons. The maximum absolute atomic E-state index is 4.75. The van der Waals surface area contributed by atoms with Gasteiger partial charge in [-0.1, -0.05) is 60.7 Å². The number of nitrogens with zero attached hydrogens (tertiary/aromatic N) is 4. The minimum Gasteiger partial charge on any atom is -0.186 e. The lowest BCUT2D eigenvalue weighted by atomic mass is 10.0. The van der Waals surface area contributed by atoms with Crippen LogP contribution in [0.5, 0.6) is 0 Å². The van der Waals surface area contributed by atoms with Gasteiger partial charge in [-0.15, -0.1) is 10.2 Å². The Morgan fingerprint density at radius 2 is 1.96 bits per heavy atom. The first-order valence-corrected chi connectivity index (χ1v) is 10.1. The Labute approximate surface area is 148 Å². The molecule has 0 atom stereocenters. The molecular weight excluding hydrogens is 336 g/mol. The molecule has 0 amide bonds. The number of aromatic nitrogens is 4. The molecular formula is C18H18N4S2. The van der Waals surface area contributed by atoms with Crippen LogP contribution < -0.4 is 0 Å². The van der Waals surface area contributed by atoms with Crippen molar-refractivity contribution < 1.29 is 0 Å². The highest BCUT2D eigenvalue weighted by Gasteiger charge is 2.12. The first kappa shape index (κ1) is 15.6. The van der Waals surface area contributed by atoms with Gasteiger partial charge in [-0.25, -0.2) is 0 Å². The Morgan fingerprint density at radius 3 is 2.88 bits per heavy atom. The third-order valence-electron chi connectivity index (χ3n) is 3.90. The largest absolute Gasteiger partial charge is 0.234 e. The topological polar surface area (TPSA) is 43.1 Å². The second-order valence-corrected chi connectivity index (χ2v) is 7.82.